The Bertz CT molecular complexity index is 712. The number of nitrogens with two attached hydrogens (primary N) is 1. The highest BCUT2D eigenvalue weighted by atomic mass is 35.5. The molecule has 0 aromatic heterocycles. The third-order valence-electron chi connectivity index (χ3n) is 4.06. The molecule has 2 N–H and O–H groups in total. The molecule has 0 atom stereocenters. The summed E-state index contributed by atoms with van der Waals surface area (Å²) < 4.78 is 0. The summed E-state index contributed by atoms with van der Waals surface area (Å²) in [5.41, 5.74) is 10.2. The van der Waals surface area contributed by atoms with E-state index in [4.69, 9.17) is 5.73 Å². The van der Waals surface area contributed by atoms with Gasteiger partial charge in [0.1, 0.15) is 0 Å². The van der Waals surface area contributed by atoms with Gasteiger partial charge in [-0.3, -0.25) is 0 Å². The smallest absolute Gasteiger partial charge is 0.0923 e. The maximum atomic E-state index is 6.92. The van der Waals surface area contributed by atoms with Gasteiger partial charge in [0.2, 0.25) is 0 Å². The van der Waals surface area contributed by atoms with Crippen molar-refractivity contribution < 1.29 is 0 Å². The lowest BCUT2D eigenvalue weighted by Crippen LogP contribution is -2.39. The Morgan fingerprint density at radius 1 is 0.652 bits per heavy atom. The van der Waals surface area contributed by atoms with Gasteiger partial charge >= 0.3 is 0 Å². The second-order valence-electron chi connectivity index (χ2n) is 5.38. The van der Waals surface area contributed by atoms with Crippen molar-refractivity contribution >= 4 is 18.0 Å². The molecule has 0 fully saturated rings. The van der Waals surface area contributed by atoms with E-state index in [-0.39, 0.29) is 12.4 Å². The molecule has 0 aliphatic rings. The Balaban J connectivity index is 0.00000192. The van der Waals surface area contributed by atoms with Crippen molar-refractivity contribution in [2.45, 2.75) is 5.54 Å². The Morgan fingerprint density at radius 2 is 1.00 bits per heavy atom. The molecular formula is C21H20ClN. The van der Waals surface area contributed by atoms with Crippen LogP contribution in [0, 0.1) is 0 Å². The summed E-state index contributed by atoms with van der Waals surface area (Å²) in [5.74, 6) is 0. The molecule has 0 amide bonds. The molecule has 0 aliphatic carbocycles. The minimum absolute atomic E-state index is 0. The number of halogens is 1. The van der Waals surface area contributed by atoms with Gasteiger partial charge in [-0.25, -0.2) is 0 Å². The van der Waals surface area contributed by atoms with Crippen LogP contribution in [-0.2, 0) is 5.54 Å². The van der Waals surface area contributed by atoms with E-state index in [0.29, 0.717) is 0 Å². The zero-order valence-corrected chi connectivity index (χ0v) is 13.7. The molecule has 0 spiro atoms. The lowest BCUT2D eigenvalue weighted by Gasteiger charge is -2.33. The Morgan fingerprint density at radius 3 is 1.39 bits per heavy atom. The van der Waals surface area contributed by atoms with Crippen molar-refractivity contribution in [3.8, 4) is 0 Å². The van der Waals surface area contributed by atoms with Crippen molar-refractivity contribution in [3.63, 3.8) is 0 Å². The van der Waals surface area contributed by atoms with Crippen LogP contribution in [0.1, 0.15) is 16.7 Å². The van der Waals surface area contributed by atoms with E-state index in [1.165, 1.54) is 0 Å². The van der Waals surface area contributed by atoms with Crippen LogP contribution >= 0.6 is 12.4 Å². The normalized spacial score (nSPS) is 10.7. The SMILES string of the molecule is C=C(c1ccccc1)C(N)(c1ccccc1)c1ccccc1.Cl. The predicted molar refractivity (Wildman–Crippen MR) is 101 cm³/mol. The summed E-state index contributed by atoms with van der Waals surface area (Å²) in [4.78, 5) is 0. The van der Waals surface area contributed by atoms with Crippen molar-refractivity contribution in [1.29, 1.82) is 0 Å². The molecule has 23 heavy (non-hydrogen) atoms. The Kier molecular flexibility index (Phi) is 5.38. The van der Waals surface area contributed by atoms with Gasteiger partial charge in [0.05, 0.1) is 5.54 Å². The summed E-state index contributed by atoms with van der Waals surface area (Å²) in [6.45, 7) is 4.32. The summed E-state index contributed by atoms with van der Waals surface area (Å²) in [6.07, 6.45) is 0. The molecule has 0 heterocycles. The molecular weight excluding hydrogens is 302 g/mol. The Hall–Kier alpha value is -2.35. The number of benzene rings is 3. The molecule has 0 saturated heterocycles. The zero-order chi connectivity index (χ0) is 15.4. The molecule has 1 nitrogen and oxygen atoms in total. The second-order valence-corrected chi connectivity index (χ2v) is 5.38. The quantitative estimate of drug-likeness (QED) is 0.717. The van der Waals surface area contributed by atoms with Gasteiger partial charge in [0.25, 0.3) is 0 Å². The van der Waals surface area contributed by atoms with Crippen molar-refractivity contribution in [3.05, 3.63) is 114 Å². The van der Waals surface area contributed by atoms with Gasteiger partial charge in [-0.15, -0.1) is 12.4 Å². The van der Waals surface area contributed by atoms with Crippen LogP contribution in [0.15, 0.2) is 97.6 Å². The number of hydrogen-bond acceptors (Lipinski definition) is 1. The molecule has 2 heteroatoms. The van der Waals surface area contributed by atoms with Crippen LogP contribution in [0.25, 0.3) is 5.57 Å². The monoisotopic (exact) mass is 321 g/mol. The first-order valence-corrected chi connectivity index (χ1v) is 7.37. The van der Waals surface area contributed by atoms with E-state index < -0.39 is 5.54 Å². The molecule has 3 rings (SSSR count). The molecule has 3 aromatic carbocycles. The van der Waals surface area contributed by atoms with Gasteiger partial charge in [0.15, 0.2) is 0 Å². The summed E-state index contributed by atoms with van der Waals surface area (Å²) in [5, 5.41) is 0. The standard InChI is InChI=1S/C21H19N.ClH/c1-17(18-11-5-2-6-12-18)21(22,19-13-7-3-8-14-19)20-15-9-4-10-16-20;/h2-16H,1,22H2;1H. The van der Waals surface area contributed by atoms with Crippen LogP contribution < -0.4 is 5.73 Å². The van der Waals surface area contributed by atoms with Crippen molar-refractivity contribution in [1.82, 2.24) is 0 Å². The molecule has 0 unspecified atom stereocenters. The predicted octanol–water partition coefficient (Wildman–Crippen LogP) is 5.02. The first-order chi connectivity index (χ1) is 10.7. The largest absolute Gasteiger partial charge is 0.314 e. The van der Waals surface area contributed by atoms with Gasteiger partial charge in [-0.2, -0.15) is 0 Å². The summed E-state index contributed by atoms with van der Waals surface area (Å²) in [7, 11) is 0. The average molecular weight is 322 g/mol. The van der Waals surface area contributed by atoms with Crippen LogP contribution in [0.5, 0.6) is 0 Å². The van der Waals surface area contributed by atoms with Crippen LogP contribution in [-0.4, -0.2) is 0 Å². The molecule has 0 bridgehead atoms. The van der Waals surface area contributed by atoms with Crippen molar-refractivity contribution in [2.75, 3.05) is 0 Å². The van der Waals surface area contributed by atoms with Gasteiger partial charge in [-0.1, -0.05) is 97.6 Å². The first-order valence-electron chi connectivity index (χ1n) is 7.37. The fraction of sp³-hybridized carbons (Fsp3) is 0.0476. The third kappa shape index (κ3) is 3.21. The van der Waals surface area contributed by atoms with E-state index in [2.05, 4.69) is 43.0 Å². The lowest BCUT2D eigenvalue weighted by atomic mass is 9.76. The van der Waals surface area contributed by atoms with Gasteiger partial charge in [-0.05, 0) is 22.3 Å². The van der Waals surface area contributed by atoms with Crippen molar-refractivity contribution in [2.24, 2.45) is 5.73 Å². The topological polar surface area (TPSA) is 26.0 Å². The molecule has 3 aromatic rings. The average Bonchev–Trinajstić information content (AvgIpc) is 2.62. The molecule has 0 aliphatic heterocycles. The highest BCUT2D eigenvalue weighted by Gasteiger charge is 2.33. The van der Waals surface area contributed by atoms with Gasteiger partial charge in [0, 0.05) is 0 Å². The minimum Gasteiger partial charge on any atom is -0.314 e. The van der Waals surface area contributed by atoms with E-state index in [1.54, 1.807) is 0 Å². The second kappa shape index (κ2) is 7.28. The maximum absolute atomic E-state index is 6.92. The third-order valence-corrected chi connectivity index (χ3v) is 4.06. The van der Waals surface area contributed by atoms with Crippen LogP contribution in [0.4, 0.5) is 0 Å². The van der Waals surface area contributed by atoms with Crippen LogP contribution in [0.2, 0.25) is 0 Å². The highest BCUT2D eigenvalue weighted by molar-refractivity contribution is 5.85. The number of hydrogen-bond donors (Lipinski definition) is 1. The van der Waals surface area contributed by atoms with E-state index in [9.17, 15) is 0 Å². The summed E-state index contributed by atoms with van der Waals surface area (Å²) in [6, 6.07) is 30.4. The minimum atomic E-state index is -0.746. The highest BCUT2D eigenvalue weighted by Crippen LogP contribution is 2.38. The maximum Gasteiger partial charge on any atom is 0.0923 e. The molecule has 0 radical (unpaired) electrons. The zero-order valence-electron chi connectivity index (χ0n) is 12.9. The van der Waals surface area contributed by atoms with E-state index in [0.717, 1.165) is 22.3 Å². The lowest BCUT2D eigenvalue weighted by molar-refractivity contribution is 0.705. The van der Waals surface area contributed by atoms with E-state index >= 15 is 0 Å². The van der Waals surface area contributed by atoms with E-state index in [1.807, 2.05) is 54.6 Å². The Labute approximate surface area is 143 Å². The fourth-order valence-corrected chi connectivity index (χ4v) is 2.78. The van der Waals surface area contributed by atoms with Gasteiger partial charge < -0.3 is 5.73 Å². The fourth-order valence-electron chi connectivity index (χ4n) is 2.78. The molecule has 0 saturated carbocycles. The summed E-state index contributed by atoms with van der Waals surface area (Å²) >= 11 is 0. The number of rotatable bonds is 4. The molecule has 116 valence electrons. The van der Waals surface area contributed by atoms with Crippen LogP contribution in [0.3, 0.4) is 0 Å². The first kappa shape index (κ1) is 17.0.